The summed E-state index contributed by atoms with van der Waals surface area (Å²) in [6, 6.07) is 12.5. The number of benzene rings is 2. The minimum Gasteiger partial charge on any atom is -0.394 e. The highest BCUT2D eigenvalue weighted by molar-refractivity contribution is 6.08. The van der Waals surface area contributed by atoms with Gasteiger partial charge in [-0.25, -0.2) is 0 Å². The van der Waals surface area contributed by atoms with Crippen LogP contribution < -0.4 is 0 Å². The van der Waals surface area contributed by atoms with Gasteiger partial charge in [0.15, 0.2) is 0 Å². The van der Waals surface area contributed by atoms with Crippen LogP contribution in [0.5, 0.6) is 0 Å². The Hall–Kier alpha value is -2.44. The summed E-state index contributed by atoms with van der Waals surface area (Å²) in [5.74, 6) is 5.91. The zero-order valence-electron chi connectivity index (χ0n) is 18.7. The van der Waals surface area contributed by atoms with E-state index in [0.29, 0.717) is 0 Å². The van der Waals surface area contributed by atoms with Gasteiger partial charge in [0.25, 0.3) is 0 Å². The monoisotopic (exact) mass is 451 g/mol. The molecule has 2 aliphatic heterocycles. The minimum absolute atomic E-state index is 0.0840. The van der Waals surface area contributed by atoms with E-state index in [1.54, 1.807) is 0 Å². The first-order chi connectivity index (χ1) is 15.8. The quantitative estimate of drug-likeness (QED) is 0.448. The molecule has 0 radical (unpaired) electrons. The predicted molar refractivity (Wildman–Crippen MR) is 124 cm³/mol. The van der Waals surface area contributed by atoms with Crippen LogP contribution in [0, 0.1) is 24.2 Å². The zero-order chi connectivity index (χ0) is 23.3. The van der Waals surface area contributed by atoms with E-state index in [4.69, 9.17) is 9.47 Å². The molecule has 5 atom stereocenters. The van der Waals surface area contributed by atoms with E-state index in [1.165, 1.54) is 16.5 Å². The van der Waals surface area contributed by atoms with Crippen molar-refractivity contribution in [3.63, 3.8) is 0 Å². The molecule has 33 heavy (non-hydrogen) atoms. The highest BCUT2D eigenvalue weighted by atomic mass is 16.5. The molecule has 0 spiro atoms. The van der Waals surface area contributed by atoms with E-state index in [2.05, 4.69) is 54.5 Å². The number of hydrogen-bond donors (Lipinski definition) is 4. The Morgan fingerprint density at radius 2 is 1.70 bits per heavy atom. The summed E-state index contributed by atoms with van der Waals surface area (Å²) in [6.45, 7) is 6.14. The van der Waals surface area contributed by atoms with Crippen LogP contribution in [0.25, 0.3) is 21.8 Å². The second kappa shape index (κ2) is 8.41. The maximum absolute atomic E-state index is 10.3. The third-order valence-electron chi connectivity index (χ3n) is 6.71. The molecular formula is C26H29NO6. The van der Waals surface area contributed by atoms with Crippen molar-refractivity contribution in [1.82, 2.24) is 4.57 Å². The number of rotatable bonds is 3. The number of aromatic nitrogens is 1. The lowest BCUT2D eigenvalue weighted by atomic mass is 9.88. The molecule has 2 fully saturated rings. The maximum atomic E-state index is 10.3. The molecule has 3 aromatic rings. The van der Waals surface area contributed by atoms with Crippen LogP contribution in [0.4, 0.5) is 0 Å². The summed E-state index contributed by atoms with van der Waals surface area (Å²) in [4.78, 5) is 0. The molecule has 7 nitrogen and oxygen atoms in total. The highest BCUT2D eigenvalue weighted by Gasteiger charge is 2.42. The number of aliphatic hydroxyl groups is 4. The predicted octanol–water partition coefficient (Wildman–Crippen LogP) is 1.33. The van der Waals surface area contributed by atoms with E-state index < -0.39 is 37.1 Å². The first-order valence-corrected chi connectivity index (χ1v) is 11.2. The summed E-state index contributed by atoms with van der Waals surface area (Å²) in [5.41, 5.74) is 4.28. The Bertz CT molecular complexity index is 1250. The van der Waals surface area contributed by atoms with Crippen LogP contribution in [0.2, 0.25) is 0 Å². The Morgan fingerprint density at radius 1 is 1.00 bits per heavy atom. The van der Waals surface area contributed by atoms with Crippen molar-refractivity contribution in [2.24, 2.45) is 5.41 Å². The number of aliphatic hydroxyl groups excluding tert-OH is 4. The standard InChI is InChI=1S/C26H29NO6/c1-15-3-6-17-18-7-4-16(5-8-21-23(29)25(31)24(30)22(11-28)33-21)10-20(18)27(19(17)9-15)12-26(2)13-32-14-26/h3-4,6-7,9-10,21-25,28-31H,11-14H2,1-2H3/t21-,22-,23-,24-,25-/m1/s1. The van der Waals surface area contributed by atoms with Crippen LogP contribution in [-0.4, -0.2) is 75.3 Å². The fraction of sp³-hybridized carbons (Fsp3) is 0.462. The lowest BCUT2D eigenvalue weighted by Gasteiger charge is -2.38. The first-order valence-electron chi connectivity index (χ1n) is 11.2. The molecule has 3 heterocycles. The van der Waals surface area contributed by atoms with Gasteiger partial charge < -0.3 is 34.5 Å². The van der Waals surface area contributed by atoms with E-state index in [-0.39, 0.29) is 5.41 Å². The number of nitrogens with zero attached hydrogens (tertiary/aromatic N) is 1. The summed E-state index contributed by atoms with van der Waals surface area (Å²) < 4.78 is 13.3. The molecule has 0 saturated carbocycles. The Kier molecular flexibility index (Phi) is 5.69. The summed E-state index contributed by atoms with van der Waals surface area (Å²) in [5, 5.41) is 42.0. The van der Waals surface area contributed by atoms with Gasteiger partial charge in [0.1, 0.15) is 30.5 Å². The van der Waals surface area contributed by atoms with Crippen molar-refractivity contribution in [2.75, 3.05) is 19.8 Å². The average Bonchev–Trinajstić information content (AvgIpc) is 3.08. The lowest BCUT2D eigenvalue weighted by Crippen LogP contribution is -2.58. The second-order valence-corrected chi connectivity index (χ2v) is 9.66. The molecule has 0 unspecified atom stereocenters. The van der Waals surface area contributed by atoms with Gasteiger partial charge in [0.05, 0.1) is 25.3 Å². The van der Waals surface area contributed by atoms with Crippen molar-refractivity contribution in [2.45, 2.75) is 50.9 Å². The van der Waals surface area contributed by atoms with Crippen LogP contribution in [-0.2, 0) is 16.0 Å². The fourth-order valence-electron chi connectivity index (χ4n) is 4.75. The number of fused-ring (bicyclic) bond motifs is 3. The van der Waals surface area contributed by atoms with Gasteiger partial charge in [-0.15, -0.1) is 0 Å². The van der Waals surface area contributed by atoms with E-state index in [0.717, 1.165) is 36.2 Å². The van der Waals surface area contributed by atoms with Crippen molar-refractivity contribution in [3.8, 4) is 11.8 Å². The van der Waals surface area contributed by atoms with Gasteiger partial charge in [-0.05, 0) is 30.7 Å². The van der Waals surface area contributed by atoms with E-state index >= 15 is 0 Å². The Balaban J connectivity index is 1.54. The smallest absolute Gasteiger partial charge is 0.147 e. The molecule has 2 aliphatic rings. The third kappa shape index (κ3) is 3.93. The Labute approximate surface area is 192 Å². The molecule has 1 aromatic heterocycles. The number of aryl methyl sites for hydroxylation is 1. The number of hydrogen-bond acceptors (Lipinski definition) is 6. The maximum Gasteiger partial charge on any atom is 0.147 e. The third-order valence-corrected chi connectivity index (χ3v) is 6.71. The van der Waals surface area contributed by atoms with Gasteiger partial charge in [0.2, 0.25) is 0 Å². The van der Waals surface area contributed by atoms with E-state index in [1.807, 2.05) is 12.1 Å². The van der Waals surface area contributed by atoms with Gasteiger partial charge in [-0.2, -0.15) is 0 Å². The molecular weight excluding hydrogens is 422 g/mol. The molecule has 7 heteroatoms. The first kappa shape index (κ1) is 22.4. The zero-order valence-corrected chi connectivity index (χ0v) is 18.7. The highest BCUT2D eigenvalue weighted by Crippen LogP contribution is 2.36. The lowest BCUT2D eigenvalue weighted by molar-refractivity contribution is -0.214. The largest absolute Gasteiger partial charge is 0.394 e. The van der Waals surface area contributed by atoms with Gasteiger partial charge in [-0.3, -0.25) is 0 Å². The van der Waals surface area contributed by atoms with Crippen LogP contribution in [0.15, 0.2) is 36.4 Å². The van der Waals surface area contributed by atoms with Crippen LogP contribution >= 0.6 is 0 Å². The van der Waals surface area contributed by atoms with Crippen molar-refractivity contribution < 1.29 is 29.9 Å². The van der Waals surface area contributed by atoms with Gasteiger partial charge >= 0.3 is 0 Å². The van der Waals surface area contributed by atoms with Crippen molar-refractivity contribution in [1.29, 1.82) is 0 Å². The SMILES string of the molecule is Cc1ccc2c3ccc(C#C[C@H]4O[C@H](CO)[C@@H](O)[C@H](O)[C@@H]4O)cc3n(CC3(C)COC3)c2c1. The van der Waals surface area contributed by atoms with Crippen LogP contribution in [0.1, 0.15) is 18.1 Å². The minimum atomic E-state index is -1.44. The van der Waals surface area contributed by atoms with E-state index in [9.17, 15) is 20.4 Å². The topological polar surface area (TPSA) is 104 Å². The molecule has 0 bridgehead atoms. The van der Waals surface area contributed by atoms with Crippen molar-refractivity contribution >= 4 is 21.8 Å². The fourth-order valence-corrected chi connectivity index (χ4v) is 4.75. The van der Waals surface area contributed by atoms with Gasteiger partial charge in [-0.1, -0.05) is 37.0 Å². The van der Waals surface area contributed by atoms with Gasteiger partial charge in [0, 0.05) is 33.8 Å². The molecule has 2 aromatic carbocycles. The summed E-state index contributed by atoms with van der Waals surface area (Å²) >= 11 is 0. The normalized spacial score (nSPS) is 29.0. The molecule has 5 rings (SSSR count). The molecule has 0 amide bonds. The summed E-state index contributed by atoms with van der Waals surface area (Å²) in [6.07, 6.45) is -6.19. The summed E-state index contributed by atoms with van der Waals surface area (Å²) in [7, 11) is 0. The molecule has 174 valence electrons. The average molecular weight is 452 g/mol. The Morgan fingerprint density at radius 3 is 2.36 bits per heavy atom. The molecule has 4 N–H and O–H groups in total. The van der Waals surface area contributed by atoms with Crippen LogP contribution in [0.3, 0.4) is 0 Å². The molecule has 0 aliphatic carbocycles. The second-order valence-electron chi connectivity index (χ2n) is 9.66. The number of ether oxygens (including phenoxy) is 2. The molecule has 2 saturated heterocycles. The van der Waals surface area contributed by atoms with Crippen molar-refractivity contribution in [3.05, 3.63) is 47.5 Å².